The van der Waals surface area contributed by atoms with Crippen LogP contribution >= 0.6 is 23.4 Å². The average Bonchev–Trinajstić information content (AvgIpc) is 2.76. The van der Waals surface area contributed by atoms with E-state index in [-0.39, 0.29) is 23.4 Å². The molecule has 0 bridgehead atoms. The van der Waals surface area contributed by atoms with Crippen LogP contribution in [0.4, 0.5) is 11.4 Å². The number of rotatable bonds is 6. The molecule has 1 atom stereocenters. The second-order valence-corrected chi connectivity index (χ2v) is 8.95. The number of thioether (sulfide) groups is 1. The van der Waals surface area contributed by atoms with E-state index in [9.17, 15) is 9.59 Å². The number of hydrogen-bond donors (Lipinski definition) is 2. The van der Waals surface area contributed by atoms with Crippen LogP contribution in [-0.2, 0) is 9.59 Å². The number of anilines is 2. The van der Waals surface area contributed by atoms with Gasteiger partial charge in [-0.15, -0.1) is 5.10 Å². The Balaban J connectivity index is 1.63. The zero-order valence-corrected chi connectivity index (χ0v) is 19.6. The van der Waals surface area contributed by atoms with Crippen LogP contribution in [0.2, 0.25) is 5.02 Å². The van der Waals surface area contributed by atoms with Crippen LogP contribution in [0.15, 0.2) is 64.8 Å². The van der Waals surface area contributed by atoms with E-state index < -0.39 is 5.25 Å². The Kier molecular flexibility index (Phi) is 8.08. The first-order valence-corrected chi connectivity index (χ1v) is 11.2. The number of halogens is 1. The second-order valence-electron chi connectivity index (χ2n) is 7.32. The van der Waals surface area contributed by atoms with Crippen LogP contribution in [0, 0.1) is 0 Å². The topological polar surface area (TPSA) is 86.2 Å². The SMILES string of the molecule is CC(/C=C/c1ccc(N(C)C)cc1)=N\N=C1/NC(=O)CC(C(=O)Nc2cccc(Cl)c2)S1. The Hall–Kier alpha value is -3.10. The van der Waals surface area contributed by atoms with E-state index in [1.54, 1.807) is 24.3 Å². The molecule has 1 heterocycles. The molecule has 1 fully saturated rings. The number of amides is 2. The monoisotopic (exact) mass is 469 g/mol. The highest BCUT2D eigenvalue weighted by molar-refractivity contribution is 8.15. The van der Waals surface area contributed by atoms with Crippen molar-refractivity contribution < 1.29 is 9.59 Å². The van der Waals surface area contributed by atoms with Crippen LogP contribution in [0.25, 0.3) is 6.08 Å². The van der Waals surface area contributed by atoms with Gasteiger partial charge in [-0.2, -0.15) is 5.10 Å². The maximum Gasteiger partial charge on any atom is 0.238 e. The predicted octanol–water partition coefficient (Wildman–Crippen LogP) is 4.41. The van der Waals surface area contributed by atoms with Gasteiger partial charge in [-0.1, -0.05) is 47.6 Å². The Bertz CT molecular complexity index is 1080. The number of allylic oxidation sites excluding steroid dienone is 1. The molecule has 2 N–H and O–H groups in total. The summed E-state index contributed by atoms with van der Waals surface area (Å²) in [5.74, 6) is -0.570. The fraction of sp³-hybridized carbons (Fsp3) is 0.217. The number of nitrogens with one attached hydrogen (secondary N) is 2. The highest BCUT2D eigenvalue weighted by Gasteiger charge is 2.30. The summed E-state index contributed by atoms with van der Waals surface area (Å²) in [5, 5.41) is 13.9. The Morgan fingerprint density at radius 2 is 2.00 bits per heavy atom. The minimum Gasteiger partial charge on any atom is -0.378 e. The summed E-state index contributed by atoms with van der Waals surface area (Å²) in [6.07, 6.45) is 3.83. The van der Waals surface area contributed by atoms with Crippen LogP contribution in [-0.4, -0.2) is 42.0 Å². The second kappa shape index (κ2) is 11.0. The average molecular weight is 470 g/mol. The zero-order valence-electron chi connectivity index (χ0n) is 18.0. The van der Waals surface area contributed by atoms with E-state index in [0.29, 0.717) is 16.4 Å². The molecule has 1 aliphatic rings. The fourth-order valence-electron chi connectivity index (χ4n) is 2.79. The van der Waals surface area contributed by atoms with Gasteiger partial charge in [0.05, 0.1) is 5.71 Å². The summed E-state index contributed by atoms with van der Waals surface area (Å²) in [4.78, 5) is 26.7. The van der Waals surface area contributed by atoms with Gasteiger partial charge in [0.1, 0.15) is 5.25 Å². The largest absolute Gasteiger partial charge is 0.378 e. The van der Waals surface area contributed by atoms with E-state index in [1.807, 2.05) is 62.3 Å². The molecule has 32 heavy (non-hydrogen) atoms. The fourth-order valence-corrected chi connectivity index (χ4v) is 3.91. The molecule has 0 saturated carbocycles. The summed E-state index contributed by atoms with van der Waals surface area (Å²) >= 11 is 7.12. The van der Waals surface area contributed by atoms with Crippen molar-refractivity contribution in [2.75, 3.05) is 24.3 Å². The van der Waals surface area contributed by atoms with E-state index in [2.05, 4.69) is 20.8 Å². The van der Waals surface area contributed by atoms with E-state index in [4.69, 9.17) is 11.6 Å². The predicted molar refractivity (Wildman–Crippen MR) is 135 cm³/mol. The molecule has 166 valence electrons. The van der Waals surface area contributed by atoms with Crippen molar-refractivity contribution in [3.63, 3.8) is 0 Å². The van der Waals surface area contributed by atoms with Crippen molar-refractivity contribution in [3.8, 4) is 0 Å². The van der Waals surface area contributed by atoms with Crippen LogP contribution in [0.1, 0.15) is 18.9 Å². The highest BCUT2D eigenvalue weighted by atomic mass is 35.5. The lowest BCUT2D eigenvalue weighted by molar-refractivity contribution is -0.123. The third-order valence-electron chi connectivity index (χ3n) is 4.48. The molecule has 0 aliphatic carbocycles. The smallest absolute Gasteiger partial charge is 0.238 e. The van der Waals surface area contributed by atoms with E-state index in [0.717, 1.165) is 23.0 Å². The van der Waals surface area contributed by atoms with Gasteiger partial charge < -0.3 is 15.5 Å². The maximum atomic E-state index is 12.6. The first-order valence-electron chi connectivity index (χ1n) is 9.91. The lowest BCUT2D eigenvalue weighted by Gasteiger charge is -2.21. The Morgan fingerprint density at radius 3 is 2.69 bits per heavy atom. The number of benzene rings is 2. The van der Waals surface area contributed by atoms with E-state index in [1.165, 1.54) is 0 Å². The lowest BCUT2D eigenvalue weighted by Crippen LogP contribution is -2.41. The van der Waals surface area contributed by atoms with Crippen LogP contribution in [0.5, 0.6) is 0 Å². The zero-order chi connectivity index (χ0) is 23.1. The summed E-state index contributed by atoms with van der Waals surface area (Å²) in [6, 6.07) is 15.0. The van der Waals surface area contributed by atoms with Crippen molar-refractivity contribution in [1.82, 2.24) is 5.32 Å². The molecule has 2 aromatic carbocycles. The molecule has 7 nitrogen and oxygen atoms in total. The van der Waals surface area contributed by atoms with E-state index >= 15 is 0 Å². The normalized spacial score (nSPS) is 18.0. The molecule has 0 aromatic heterocycles. The molecular formula is C23H24ClN5O2S. The van der Waals surface area contributed by atoms with Gasteiger partial charge in [-0.05, 0) is 48.9 Å². The maximum absolute atomic E-state index is 12.6. The molecule has 1 unspecified atom stereocenters. The standard InChI is InChI=1S/C23H24ClN5O2S/c1-15(7-8-16-9-11-19(12-10-16)29(2)3)27-28-23-26-21(30)14-20(32-23)22(31)25-18-6-4-5-17(24)13-18/h4-13,20H,14H2,1-3H3,(H,25,31)(H,26,28,30)/b8-7+,27-15+. The lowest BCUT2D eigenvalue weighted by atomic mass is 10.2. The van der Waals surface area contributed by atoms with Gasteiger partial charge in [0.2, 0.25) is 11.8 Å². The summed E-state index contributed by atoms with van der Waals surface area (Å²) in [5.41, 5.74) is 3.40. The molecule has 0 spiro atoms. The number of nitrogens with zero attached hydrogens (tertiary/aromatic N) is 3. The minimum absolute atomic E-state index is 0.0572. The highest BCUT2D eigenvalue weighted by Crippen LogP contribution is 2.23. The molecule has 1 aliphatic heterocycles. The number of carbonyl (C=O) groups is 2. The van der Waals surface area contributed by atoms with Gasteiger partial charge in [-0.25, -0.2) is 0 Å². The molecule has 1 saturated heterocycles. The number of carbonyl (C=O) groups excluding carboxylic acids is 2. The van der Waals surface area contributed by atoms with Gasteiger partial charge in [-0.3, -0.25) is 9.59 Å². The first kappa shape index (κ1) is 23.6. The van der Waals surface area contributed by atoms with Crippen molar-refractivity contribution in [2.24, 2.45) is 10.2 Å². The number of amidine groups is 1. The Morgan fingerprint density at radius 1 is 1.25 bits per heavy atom. The van der Waals surface area contributed by atoms with Gasteiger partial charge in [0.15, 0.2) is 5.17 Å². The third-order valence-corrected chi connectivity index (χ3v) is 5.79. The molecule has 2 amide bonds. The molecule has 9 heteroatoms. The quantitative estimate of drug-likeness (QED) is 0.484. The number of hydrogen-bond acceptors (Lipinski definition) is 6. The molecule has 3 rings (SSSR count). The van der Waals surface area contributed by atoms with Gasteiger partial charge >= 0.3 is 0 Å². The van der Waals surface area contributed by atoms with Gasteiger partial charge in [0, 0.05) is 36.9 Å². The summed E-state index contributed by atoms with van der Waals surface area (Å²) in [6.45, 7) is 1.81. The molecule has 0 radical (unpaired) electrons. The van der Waals surface area contributed by atoms with Crippen molar-refractivity contribution in [1.29, 1.82) is 0 Å². The third kappa shape index (κ3) is 6.96. The first-order chi connectivity index (χ1) is 15.3. The van der Waals surface area contributed by atoms with Crippen molar-refractivity contribution in [3.05, 3.63) is 65.2 Å². The van der Waals surface area contributed by atoms with Crippen LogP contribution < -0.4 is 15.5 Å². The summed E-state index contributed by atoms with van der Waals surface area (Å²) < 4.78 is 0. The van der Waals surface area contributed by atoms with Crippen LogP contribution in [0.3, 0.4) is 0 Å². The van der Waals surface area contributed by atoms with Gasteiger partial charge in [0.25, 0.3) is 0 Å². The van der Waals surface area contributed by atoms with Crippen molar-refractivity contribution in [2.45, 2.75) is 18.6 Å². The minimum atomic E-state index is -0.609. The molecule has 2 aromatic rings. The summed E-state index contributed by atoms with van der Waals surface area (Å²) in [7, 11) is 3.99. The Labute approximate surface area is 196 Å². The molecular weight excluding hydrogens is 446 g/mol. The van der Waals surface area contributed by atoms with Crippen molar-refractivity contribution >= 4 is 63.5 Å².